The highest BCUT2D eigenvalue weighted by Gasteiger charge is 2.67. The summed E-state index contributed by atoms with van der Waals surface area (Å²) in [6.45, 7) is 15.5. The van der Waals surface area contributed by atoms with Gasteiger partial charge in [0, 0.05) is 31.7 Å². The molecule has 1 unspecified atom stereocenters. The van der Waals surface area contributed by atoms with Crippen molar-refractivity contribution in [2.75, 3.05) is 19.6 Å². The minimum atomic E-state index is 0.499. The molecule has 1 aliphatic carbocycles. The lowest BCUT2D eigenvalue weighted by molar-refractivity contribution is 0.139. The van der Waals surface area contributed by atoms with E-state index in [0.29, 0.717) is 16.9 Å². The summed E-state index contributed by atoms with van der Waals surface area (Å²) in [7, 11) is 0. The fraction of sp³-hybridized carbons (Fsp3) is 1.00. The number of piperazine rings is 1. The third kappa shape index (κ3) is 1.24. The van der Waals surface area contributed by atoms with Gasteiger partial charge in [0.1, 0.15) is 0 Å². The van der Waals surface area contributed by atoms with E-state index in [-0.39, 0.29) is 0 Å². The Morgan fingerprint density at radius 3 is 2.14 bits per heavy atom. The van der Waals surface area contributed by atoms with Gasteiger partial charge >= 0.3 is 0 Å². The summed E-state index contributed by atoms with van der Waals surface area (Å²) in [4.78, 5) is 2.70. The van der Waals surface area contributed by atoms with Crippen molar-refractivity contribution in [1.82, 2.24) is 10.2 Å². The highest BCUT2D eigenvalue weighted by Crippen LogP contribution is 2.65. The Balaban J connectivity index is 2.10. The average Bonchev–Trinajstić information content (AvgIpc) is 2.46. The summed E-state index contributed by atoms with van der Waals surface area (Å²) in [6.07, 6.45) is 0. The van der Waals surface area contributed by atoms with Crippen LogP contribution in [0.3, 0.4) is 0 Å². The Morgan fingerprint density at radius 2 is 1.71 bits per heavy atom. The summed E-state index contributed by atoms with van der Waals surface area (Å²) >= 11 is 0. The van der Waals surface area contributed by atoms with Crippen LogP contribution in [0.1, 0.15) is 34.6 Å². The molecule has 1 heterocycles. The van der Waals surface area contributed by atoms with Crippen molar-refractivity contribution < 1.29 is 0 Å². The van der Waals surface area contributed by atoms with E-state index in [2.05, 4.69) is 44.8 Å². The van der Waals surface area contributed by atoms with Crippen LogP contribution in [-0.2, 0) is 0 Å². The zero-order valence-electron chi connectivity index (χ0n) is 10.2. The van der Waals surface area contributed by atoms with Crippen molar-refractivity contribution >= 4 is 0 Å². The first-order chi connectivity index (χ1) is 6.39. The molecule has 82 valence electrons. The fourth-order valence-corrected chi connectivity index (χ4v) is 3.23. The first-order valence-electron chi connectivity index (χ1n) is 5.85. The van der Waals surface area contributed by atoms with Crippen LogP contribution in [0, 0.1) is 10.8 Å². The van der Waals surface area contributed by atoms with Gasteiger partial charge in [-0.25, -0.2) is 0 Å². The van der Waals surface area contributed by atoms with E-state index in [1.165, 1.54) is 6.54 Å². The van der Waals surface area contributed by atoms with E-state index >= 15 is 0 Å². The second kappa shape index (κ2) is 2.96. The van der Waals surface area contributed by atoms with Crippen LogP contribution < -0.4 is 5.32 Å². The molecule has 1 saturated heterocycles. The van der Waals surface area contributed by atoms with Crippen LogP contribution in [0.25, 0.3) is 0 Å². The topological polar surface area (TPSA) is 15.3 Å². The molecule has 0 radical (unpaired) electrons. The molecule has 1 atom stereocenters. The average molecular weight is 196 g/mol. The second-order valence-electron chi connectivity index (χ2n) is 6.14. The van der Waals surface area contributed by atoms with Crippen molar-refractivity contribution in [2.45, 2.75) is 46.7 Å². The number of hydrogen-bond acceptors (Lipinski definition) is 2. The van der Waals surface area contributed by atoms with E-state index < -0.39 is 0 Å². The molecule has 0 bridgehead atoms. The Morgan fingerprint density at radius 1 is 1.14 bits per heavy atom. The van der Waals surface area contributed by atoms with Crippen LogP contribution in [-0.4, -0.2) is 36.6 Å². The molecule has 0 aromatic rings. The molecule has 0 spiro atoms. The highest BCUT2D eigenvalue weighted by molar-refractivity contribution is 5.19. The molecular weight excluding hydrogens is 172 g/mol. The van der Waals surface area contributed by atoms with Crippen molar-refractivity contribution in [3.8, 4) is 0 Å². The van der Waals surface area contributed by atoms with E-state index in [1.807, 2.05) is 0 Å². The normalized spacial score (nSPS) is 37.1. The van der Waals surface area contributed by atoms with Gasteiger partial charge in [0.25, 0.3) is 0 Å². The molecule has 1 N–H and O–H groups in total. The van der Waals surface area contributed by atoms with Gasteiger partial charge in [-0.2, -0.15) is 0 Å². The van der Waals surface area contributed by atoms with Crippen molar-refractivity contribution in [3.05, 3.63) is 0 Å². The van der Waals surface area contributed by atoms with Crippen molar-refractivity contribution in [1.29, 1.82) is 0 Å². The van der Waals surface area contributed by atoms with Crippen molar-refractivity contribution in [2.24, 2.45) is 10.8 Å². The van der Waals surface area contributed by atoms with E-state index in [0.717, 1.165) is 19.1 Å². The summed E-state index contributed by atoms with van der Waals surface area (Å²) in [5.74, 6) is 0. The van der Waals surface area contributed by atoms with E-state index in [4.69, 9.17) is 0 Å². The Labute approximate surface area is 88.1 Å². The molecule has 2 nitrogen and oxygen atoms in total. The predicted molar refractivity (Wildman–Crippen MR) is 60.4 cm³/mol. The fourth-order valence-electron chi connectivity index (χ4n) is 3.23. The maximum Gasteiger partial charge on any atom is 0.0213 e. The SMILES string of the molecule is CC1CNCCN1C1C(C)(C)C1(C)C. The minimum Gasteiger partial charge on any atom is -0.314 e. The zero-order chi connectivity index (χ0) is 10.6. The summed E-state index contributed by atoms with van der Waals surface area (Å²) in [6, 6.07) is 1.49. The first-order valence-corrected chi connectivity index (χ1v) is 5.85. The van der Waals surface area contributed by atoms with Crippen molar-refractivity contribution in [3.63, 3.8) is 0 Å². The van der Waals surface area contributed by atoms with Gasteiger partial charge in [0.2, 0.25) is 0 Å². The molecule has 2 fully saturated rings. The van der Waals surface area contributed by atoms with Gasteiger partial charge < -0.3 is 5.32 Å². The quantitative estimate of drug-likeness (QED) is 0.687. The summed E-state index contributed by atoms with van der Waals surface area (Å²) < 4.78 is 0. The Bertz CT molecular complexity index is 218. The Kier molecular flexibility index (Phi) is 2.20. The van der Waals surface area contributed by atoms with Gasteiger partial charge in [-0.3, -0.25) is 4.90 Å². The predicted octanol–water partition coefficient (Wildman–Crippen LogP) is 1.71. The van der Waals surface area contributed by atoms with Crippen LogP contribution in [0.4, 0.5) is 0 Å². The number of hydrogen-bond donors (Lipinski definition) is 1. The van der Waals surface area contributed by atoms with Crippen LogP contribution in [0.5, 0.6) is 0 Å². The number of nitrogens with one attached hydrogen (secondary N) is 1. The van der Waals surface area contributed by atoms with Gasteiger partial charge in [0.05, 0.1) is 0 Å². The molecule has 1 aliphatic heterocycles. The molecule has 2 heteroatoms. The zero-order valence-corrected chi connectivity index (χ0v) is 10.2. The number of rotatable bonds is 1. The van der Waals surface area contributed by atoms with Gasteiger partial charge in [0.15, 0.2) is 0 Å². The molecule has 14 heavy (non-hydrogen) atoms. The van der Waals surface area contributed by atoms with E-state index in [9.17, 15) is 0 Å². The highest BCUT2D eigenvalue weighted by atomic mass is 15.3. The minimum absolute atomic E-state index is 0.499. The number of nitrogens with zero attached hydrogens (tertiary/aromatic N) is 1. The Hall–Kier alpha value is -0.0800. The molecule has 2 aliphatic rings. The van der Waals surface area contributed by atoms with Crippen LogP contribution >= 0.6 is 0 Å². The largest absolute Gasteiger partial charge is 0.314 e. The standard InChI is InChI=1S/C12H24N2/c1-9-8-13-6-7-14(9)10-11(2,3)12(10,4)5/h9-10,13H,6-8H2,1-5H3. The molecule has 2 rings (SSSR count). The lowest BCUT2D eigenvalue weighted by Crippen LogP contribution is -2.52. The molecule has 1 saturated carbocycles. The lowest BCUT2D eigenvalue weighted by atomic mass is 10.0. The maximum atomic E-state index is 3.46. The van der Waals surface area contributed by atoms with Gasteiger partial charge in [-0.1, -0.05) is 27.7 Å². The monoisotopic (exact) mass is 196 g/mol. The summed E-state index contributed by atoms with van der Waals surface area (Å²) in [5.41, 5.74) is 0.997. The third-order valence-corrected chi connectivity index (χ3v) is 4.83. The van der Waals surface area contributed by atoms with Gasteiger partial charge in [-0.15, -0.1) is 0 Å². The van der Waals surface area contributed by atoms with Gasteiger partial charge in [-0.05, 0) is 17.8 Å². The first kappa shape index (κ1) is 10.4. The second-order valence-corrected chi connectivity index (χ2v) is 6.14. The molecule has 0 aromatic carbocycles. The molecule has 0 aromatic heterocycles. The van der Waals surface area contributed by atoms with Crippen LogP contribution in [0.15, 0.2) is 0 Å². The van der Waals surface area contributed by atoms with E-state index in [1.54, 1.807) is 0 Å². The third-order valence-electron chi connectivity index (χ3n) is 4.83. The van der Waals surface area contributed by atoms with Crippen LogP contribution in [0.2, 0.25) is 0 Å². The molecule has 0 amide bonds. The lowest BCUT2D eigenvalue weighted by Gasteiger charge is -2.35. The maximum absolute atomic E-state index is 3.46. The molecular formula is C12H24N2. The smallest absolute Gasteiger partial charge is 0.0213 e. The summed E-state index contributed by atoms with van der Waals surface area (Å²) in [5, 5.41) is 3.46.